The van der Waals surface area contributed by atoms with E-state index in [4.69, 9.17) is 9.15 Å². The zero-order valence-electron chi connectivity index (χ0n) is 23.4. The molecule has 0 saturated heterocycles. The summed E-state index contributed by atoms with van der Waals surface area (Å²) < 4.78 is 148. The number of nitrogens with zero attached hydrogens (tertiary/aromatic N) is 1. The Hall–Kier alpha value is -4.23. The number of benzene rings is 3. The van der Waals surface area contributed by atoms with Gasteiger partial charge in [-0.05, 0) is 65.9 Å². The predicted octanol–water partition coefficient (Wildman–Crippen LogP) is 9.46. The van der Waals surface area contributed by atoms with Crippen LogP contribution in [0.15, 0.2) is 57.7 Å². The summed E-state index contributed by atoms with van der Waals surface area (Å²) in [6.45, 7) is 3.90. The van der Waals surface area contributed by atoms with Crippen LogP contribution in [0.25, 0.3) is 22.5 Å². The molecule has 0 spiro atoms. The summed E-state index contributed by atoms with van der Waals surface area (Å²) in [5.74, 6) is -2.89. The molecule has 0 saturated carbocycles. The molecule has 3 aromatic carbocycles. The highest BCUT2D eigenvalue weighted by molar-refractivity contribution is 5.75. The Morgan fingerprint density at radius 2 is 1.36 bits per heavy atom. The number of ether oxygens (including phenoxy) is 1. The van der Waals surface area contributed by atoms with Crippen molar-refractivity contribution in [2.45, 2.75) is 51.8 Å². The first-order chi connectivity index (χ1) is 20.2. The van der Waals surface area contributed by atoms with Crippen molar-refractivity contribution in [1.82, 2.24) is 4.57 Å². The molecule has 1 aromatic heterocycles. The number of hydrogen-bond acceptors (Lipinski definition) is 3. The number of aromatic nitrogens is 1. The minimum absolute atomic E-state index is 0.0338. The van der Waals surface area contributed by atoms with E-state index >= 15 is 0 Å². The van der Waals surface area contributed by atoms with Gasteiger partial charge in [-0.2, -0.15) is 39.5 Å². The van der Waals surface area contributed by atoms with Crippen molar-refractivity contribution in [3.8, 4) is 28.2 Å². The number of halogens is 10. The highest BCUT2D eigenvalue weighted by Crippen LogP contribution is 2.41. The molecule has 1 heterocycles. The van der Waals surface area contributed by atoms with E-state index in [9.17, 15) is 48.7 Å². The molecule has 4 aromatic rings. The minimum Gasteiger partial charge on any atom is -0.496 e. The van der Waals surface area contributed by atoms with E-state index in [1.807, 2.05) is 0 Å². The molecule has 14 heteroatoms. The van der Waals surface area contributed by atoms with Gasteiger partial charge >= 0.3 is 24.3 Å². The largest absolute Gasteiger partial charge is 0.496 e. The molecular weight excluding hydrogens is 612 g/mol. The first-order valence-electron chi connectivity index (χ1n) is 12.8. The Bertz CT molecular complexity index is 1730. The predicted molar refractivity (Wildman–Crippen MR) is 140 cm³/mol. The Morgan fingerprint density at radius 1 is 0.795 bits per heavy atom. The van der Waals surface area contributed by atoms with Crippen molar-refractivity contribution in [3.05, 3.63) is 98.4 Å². The van der Waals surface area contributed by atoms with Gasteiger partial charge in [0.1, 0.15) is 11.6 Å². The maximum atomic E-state index is 14.7. The fourth-order valence-electron chi connectivity index (χ4n) is 4.74. The number of alkyl halides is 9. The minimum atomic E-state index is -5.18. The fourth-order valence-corrected chi connectivity index (χ4v) is 4.74. The summed E-state index contributed by atoms with van der Waals surface area (Å²) in [6.07, 6.45) is -15.2. The van der Waals surface area contributed by atoms with E-state index < -0.39 is 64.7 Å². The quantitative estimate of drug-likeness (QED) is 0.198. The van der Waals surface area contributed by atoms with Gasteiger partial charge in [0.25, 0.3) is 0 Å². The molecule has 0 aliphatic rings. The van der Waals surface area contributed by atoms with Crippen molar-refractivity contribution in [2.75, 3.05) is 7.11 Å². The van der Waals surface area contributed by atoms with Crippen molar-refractivity contribution in [3.63, 3.8) is 0 Å². The lowest BCUT2D eigenvalue weighted by molar-refractivity contribution is -0.143. The summed E-state index contributed by atoms with van der Waals surface area (Å²) in [4.78, 5) is 12.9. The lowest BCUT2D eigenvalue weighted by atomic mass is 9.92. The molecular formula is C30H23F10NO3. The Labute approximate surface area is 243 Å². The second-order valence-electron chi connectivity index (χ2n) is 10.3. The van der Waals surface area contributed by atoms with Gasteiger partial charge in [0, 0.05) is 17.2 Å². The van der Waals surface area contributed by atoms with Gasteiger partial charge in [-0.25, -0.2) is 9.18 Å². The van der Waals surface area contributed by atoms with E-state index in [2.05, 4.69) is 0 Å². The Balaban J connectivity index is 1.93. The average Bonchev–Trinajstić information content (AvgIpc) is 3.19. The second-order valence-corrected chi connectivity index (χ2v) is 10.3. The van der Waals surface area contributed by atoms with Crippen LogP contribution in [-0.2, 0) is 25.1 Å². The third kappa shape index (κ3) is 6.48. The van der Waals surface area contributed by atoms with Crippen molar-refractivity contribution in [1.29, 1.82) is 0 Å². The zero-order valence-corrected chi connectivity index (χ0v) is 23.4. The Kier molecular flexibility index (Phi) is 8.44. The fraction of sp³-hybridized carbons (Fsp3) is 0.300. The average molecular weight is 635 g/mol. The molecule has 4 nitrogen and oxygen atoms in total. The molecule has 236 valence electrons. The lowest BCUT2D eigenvalue weighted by Crippen LogP contribution is -2.18. The van der Waals surface area contributed by atoms with Crippen LogP contribution in [0.1, 0.15) is 53.3 Å². The Morgan fingerprint density at radius 3 is 1.86 bits per heavy atom. The summed E-state index contributed by atoms with van der Waals surface area (Å²) in [7, 11) is 1.22. The zero-order chi connectivity index (χ0) is 32.9. The molecule has 0 aliphatic heterocycles. The molecule has 0 atom stereocenters. The van der Waals surface area contributed by atoms with E-state index in [-0.39, 0.29) is 45.7 Å². The van der Waals surface area contributed by atoms with Gasteiger partial charge < -0.3 is 9.15 Å². The summed E-state index contributed by atoms with van der Waals surface area (Å²) in [5, 5.41) is 0. The molecule has 0 bridgehead atoms. The van der Waals surface area contributed by atoms with Gasteiger partial charge in [0.15, 0.2) is 5.76 Å². The van der Waals surface area contributed by atoms with Crippen LogP contribution in [0, 0.1) is 12.7 Å². The van der Waals surface area contributed by atoms with Crippen molar-refractivity contribution in [2.24, 2.45) is 0 Å². The van der Waals surface area contributed by atoms with Crippen LogP contribution in [0.5, 0.6) is 5.75 Å². The molecule has 0 amide bonds. The number of methoxy groups -OCH3 is 1. The van der Waals surface area contributed by atoms with Gasteiger partial charge in [-0.1, -0.05) is 19.9 Å². The first kappa shape index (κ1) is 32.7. The van der Waals surface area contributed by atoms with E-state index in [0.29, 0.717) is 12.1 Å². The van der Waals surface area contributed by atoms with E-state index in [1.165, 1.54) is 13.2 Å². The van der Waals surface area contributed by atoms with Crippen molar-refractivity contribution < 1.29 is 53.1 Å². The molecule has 0 N–H and O–H groups in total. The van der Waals surface area contributed by atoms with Crippen LogP contribution in [0.3, 0.4) is 0 Å². The highest BCUT2D eigenvalue weighted by atomic mass is 19.4. The molecule has 0 fully saturated rings. The van der Waals surface area contributed by atoms with Gasteiger partial charge in [-0.15, -0.1) is 0 Å². The number of hydrogen-bond donors (Lipinski definition) is 0. The highest BCUT2D eigenvalue weighted by Gasteiger charge is 2.38. The van der Waals surface area contributed by atoms with Crippen LogP contribution in [0.4, 0.5) is 43.9 Å². The monoisotopic (exact) mass is 635 g/mol. The topological polar surface area (TPSA) is 44.4 Å². The standard InChI is InChI=1S/C30H23F10NO3/c1-14(2)22-11-23(25(43-4)12-24(22)31)21-6-5-18(28(32,33)34)9-17(21)13-41-15(3)26(44-27(41)42)16-7-19(29(35,36)37)10-20(8-16)30(38,39)40/h5-12,14H,13H2,1-4H3. The van der Waals surface area contributed by atoms with E-state index in [1.54, 1.807) is 13.8 Å². The third-order valence-corrected chi connectivity index (χ3v) is 6.99. The van der Waals surface area contributed by atoms with Crippen LogP contribution >= 0.6 is 0 Å². The molecule has 0 radical (unpaired) electrons. The maximum Gasteiger partial charge on any atom is 0.420 e. The van der Waals surface area contributed by atoms with Gasteiger partial charge in [-0.3, -0.25) is 4.57 Å². The van der Waals surface area contributed by atoms with Crippen LogP contribution in [0.2, 0.25) is 0 Å². The summed E-state index contributed by atoms with van der Waals surface area (Å²) in [5.41, 5.74) is -5.02. The third-order valence-electron chi connectivity index (χ3n) is 6.99. The molecule has 0 aliphatic carbocycles. The van der Waals surface area contributed by atoms with Crippen LogP contribution < -0.4 is 10.5 Å². The smallest absolute Gasteiger partial charge is 0.420 e. The molecule has 0 unspecified atom stereocenters. The lowest BCUT2D eigenvalue weighted by Gasteiger charge is -2.19. The van der Waals surface area contributed by atoms with Gasteiger partial charge in [0.2, 0.25) is 0 Å². The van der Waals surface area contributed by atoms with Crippen molar-refractivity contribution >= 4 is 0 Å². The molecule has 44 heavy (non-hydrogen) atoms. The van der Waals surface area contributed by atoms with Crippen LogP contribution in [-0.4, -0.2) is 11.7 Å². The van der Waals surface area contributed by atoms with Gasteiger partial charge in [0.05, 0.1) is 36.0 Å². The molecule has 4 rings (SSSR count). The number of rotatable bonds is 6. The number of oxazole rings is 1. The van der Waals surface area contributed by atoms with E-state index in [0.717, 1.165) is 35.8 Å². The maximum absolute atomic E-state index is 14.7. The summed E-state index contributed by atoms with van der Waals surface area (Å²) in [6, 6.07) is 5.71. The normalized spacial score (nSPS) is 12.7. The first-order valence-corrected chi connectivity index (χ1v) is 12.8. The SMILES string of the molecule is COc1cc(F)c(C(C)C)cc1-c1ccc(C(F)(F)F)cc1Cn1c(C)c(-c2cc(C(F)(F)F)cc(C(F)(F)F)c2)oc1=O. The second kappa shape index (κ2) is 11.4. The summed E-state index contributed by atoms with van der Waals surface area (Å²) >= 11 is 0.